The van der Waals surface area contributed by atoms with E-state index < -0.39 is 29.5 Å². The average Bonchev–Trinajstić information content (AvgIpc) is 2.57. The predicted molar refractivity (Wildman–Crippen MR) is 74.8 cm³/mol. The molecule has 2 fully saturated rings. The molecule has 0 radical (unpaired) electrons. The first-order valence-corrected chi connectivity index (χ1v) is 7.05. The first-order chi connectivity index (χ1) is 11.0. The molecule has 2 rings (SSSR count). The summed E-state index contributed by atoms with van der Waals surface area (Å²) < 4.78 is 14.4. The number of carbonyl (C=O) groups is 4. The molecule has 0 aromatic rings. The number of hydrogen-bond acceptors (Lipinski definition) is 8. The van der Waals surface area contributed by atoms with Crippen LogP contribution >= 0.6 is 0 Å². The molecule has 0 aliphatic carbocycles. The van der Waals surface area contributed by atoms with E-state index in [4.69, 9.17) is 4.74 Å². The van der Waals surface area contributed by atoms with Gasteiger partial charge in [-0.15, -0.1) is 0 Å². The van der Waals surface area contributed by atoms with Gasteiger partial charge in [-0.05, 0) is 6.42 Å². The van der Waals surface area contributed by atoms with E-state index in [1.165, 1.54) is 4.90 Å². The van der Waals surface area contributed by atoms with Gasteiger partial charge in [0, 0.05) is 12.7 Å². The highest BCUT2D eigenvalue weighted by Gasteiger charge is 2.35. The van der Waals surface area contributed by atoms with Crippen molar-refractivity contribution in [3.63, 3.8) is 0 Å². The lowest BCUT2D eigenvalue weighted by Gasteiger charge is -2.43. The van der Waals surface area contributed by atoms with Gasteiger partial charge < -0.3 is 24.0 Å². The van der Waals surface area contributed by atoms with Gasteiger partial charge in [-0.2, -0.15) is 0 Å². The van der Waals surface area contributed by atoms with Gasteiger partial charge in [0.25, 0.3) is 5.78 Å². The molecule has 9 heteroatoms. The van der Waals surface area contributed by atoms with Gasteiger partial charge in [0.1, 0.15) is 11.8 Å². The lowest BCUT2D eigenvalue weighted by atomic mass is 10.1. The molecule has 0 saturated carbocycles. The van der Waals surface area contributed by atoms with Crippen LogP contribution in [0.2, 0.25) is 0 Å². The number of esters is 2. The number of ketones is 1. The third-order valence-electron chi connectivity index (χ3n) is 3.58. The van der Waals surface area contributed by atoms with E-state index >= 15 is 0 Å². The molecule has 0 bridgehead atoms. The number of ether oxygens (including phenoxy) is 3. The summed E-state index contributed by atoms with van der Waals surface area (Å²) in [5.74, 6) is -3.45. The standard InChI is InChI=1S/C14H18N2O7/c1-21-13(19)9(12(18)14(20)22-2)6-15-7-10(17)16-4-3-5-23-11(16)8-15/h6,11H,3-5,7-8H2,1-2H3/b9-6+. The number of fused-ring (bicyclic) bond motifs is 1. The van der Waals surface area contributed by atoms with Crippen molar-refractivity contribution in [3.05, 3.63) is 11.8 Å². The summed E-state index contributed by atoms with van der Waals surface area (Å²) in [6.07, 6.45) is 1.48. The summed E-state index contributed by atoms with van der Waals surface area (Å²) in [4.78, 5) is 50.2. The second kappa shape index (κ2) is 7.23. The lowest BCUT2D eigenvalue weighted by Crippen LogP contribution is -2.58. The Balaban J connectivity index is 2.21. The zero-order chi connectivity index (χ0) is 17.0. The van der Waals surface area contributed by atoms with Crippen LogP contribution in [-0.4, -0.2) is 80.1 Å². The molecule has 23 heavy (non-hydrogen) atoms. The first-order valence-electron chi connectivity index (χ1n) is 7.05. The number of carbonyl (C=O) groups excluding carboxylic acids is 4. The van der Waals surface area contributed by atoms with Crippen molar-refractivity contribution in [2.24, 2.45) is 0 Å². The molecule has 2 aliphatic heterocycles. The Bertz CT molecular complexity index is 557. The van der Waals surface area contributed by atoms with E-state index in [1.807, 2.05) is 0 Å². The number of amides is 1. The minimum Gasteiger partial charge on any atom is -0.465 e. The fourth-order valence-corrected chi connectivity index (χ4v) is 2.45. The quantitative estimate of drug-likeness (QED) is 0.206. The highest BCUT2D eigenvalue weighted by atomic mass is 16.5. The summed E-state index contributed by atoms with van der Waals surface area (Å²) in [5, 5.41) is 0. The SMILES string of the molecule is COC(=O)C(=O)/C(=C\N1CC(=O)N2CCCOC2C1)C(=O)OC. The summed E-state index contributed by atoms with van der Waals surface area (Å²) in [7, 11) is 2.13. The Kier molecular flexibility index (Phi) is 5.32. The maximum absolute atomic E-state index is 12.1. The number of Topliss-reactive ketones (excluding diaryl/α,β-unsaturated/α-hetero) is 1. The Morgan fingerprint density at radius 3 is 2.57 bits per heavy atom. The zero-order valence-electron chi connectivity index (χ0n) is 12.9. The van der Waals surface area contributed by atoms with Crippen molar-refractivity contribution in [2.45, 2.75) is 12.6 Å². The van der Waals surface area contributed by atoms with Crippen LogP contribution in [0.1, 0.15) is 6.42 Å². The summed E-state index contributed by atoms with van der Waals surface area (Å²) in [5.41, 5.74) is -0.489. The van der Waals surface area contributed by atoms with E-state index in [-0.39, 0.29) is 12.5 Å². The fourth-order valence-electron chi connectivity index (χ4n) is 2.45. The molecule has 0 aromatic heterocycles. The summed E-state index contributed by atoms with van der Waals surface area (Å²) in [6.45, 7) is 1.43. The van der Waals surface area contributed by atoms with Crippen molar-refractivity contribution >= 4 is 23.6 Å². The van der Waals surface area contributed by atoms with Crippen LogP contribution in [0.15, 0.2) is 11.8 Å². The molecule has 0 N–H and O–H groups in total. The lowest BCUT2D eigenvalue weighted by molar-refractivity contribution is -0.167. The molecular formula is C14H18N2O7. The largest absolute Gasteiger partial charge is 0.465 e. The molecule has 1 unspecified atom stereocenters. The predicted octanol–water partition coefficient (Wildman–Crippen LogP) is -1.32. The van der Waals surface area contributed by atoms with Gasteiger partial charge in [-0.25, -0.2) is 9.59 Å². The molecule has 2 heterocycles. The Morgan fingerprint density at radius 2 is 1.91 bits per heavy atom. The van der Waals surface area contributed by atoms with Crippen molar-refractivity contribution in [1.82, 2.24) is 9.80 Å². The van der Waals surface area contributed by atoms with E-state index in [0.717, 1.165) is 26.8 Å². The molecule has 126 valence electrons. The van der Waals surface area contributed by atoms with Crippen LogP contribution in [0.5, 0.6) is 0 Å². The Hall–Kier alpha value is -2.42. The topological polar surface area (TPSA) is 102 Å². The first kappa shape index (κ1) is 16.9. The number of hydrogen-bond donors (Lipinski definition) is 0. The third kappa shape index (κ3) is 3.67. The van der Waals surface area contributed by atoms with Crippen LogP contribution < -0.4 is 0 Å². The molecule has 0 spiro atoms. The van der Waals surface area contributed by atoms with E-state index in [0.29, 0.717) is 19.7 Å². The molecule has 2 aliphatic rings. The second-order valence-electron chi connectivity index (χ2n) is 5.05. The monoisotopic (exact) mass is 326 g/mol. The van der Waals surface area contributed by atoms with Gasteiger partial charge in [0.15, 0.2) is 0 Å². The fraction of sp³-hybridized carbons (Fsp3) is 0.571. The minimum absolute atomic E-state index is 0.0190. The van der Waals surface area contributed by atoms with Crippen LogP contribution in [0, 0.1) is 0 Å². The van der Waals surface area contributed by atoms with Crippen LogP contribution in [-0.2, 0) is 33.4 Å². The normalized spacial score (nSPS) is 21.6. The van der Waals surface area contributed by atoms with Crippen LogP contribution in [0.25, 0.3) is 0 Å². The van der Waals surface area contributed by atoms with Crippen molar-refractivity contribution in [3.8, 4) is 0 Å². The van der Waals surface area contributed by atoms with Gasteiger partial charge in [0.05, 0.1) is 33.9 Å². The number of nitrogens with zero attached hydrogens (tertiary/aromatic N) is 2. The minimum atomic E-state index is -1.18. The van der Waals surface area contributed by atoms with Gasteiger partial charge >= 0.3 is 11.9 Å². The molecule has 1 atom stereocenters. The number of piperazine rings is 1. The molecule has 2 saturated heterocycles. The molecule has 1 amide bonds. The second-order valence-corrected chi connectivity index (χ2v) is 5.05. The summed E-state index contributed by atoms with van der Waals surface area (Å²) >= 11 is 0. The Labute approximate surface area is 132 Å². The van der Waals surface area contributed by atoms with E-state index in [1.54, 1.807) is 4.90 Å². The third-order valence-corrected chi connectivity index (χ3v) is 3.58. The maximum atomic E-state index is 12.1. The zero-order valence-corrected chi connectivity index (χ0v) is 12.9. The van der Waals surface area contributed by atoms with Crippen LogP contribution in [0.4, 0.5) is 0 Å². The number of methoxy groups -OCH3 is 2. The molecule has 9 nitrogen and oxygen atoms in total. The Morgan fingerprint density at radius 1 is 1.22 bits per heavy atom. The summed E-state index contributed by atoms with van der Waals surface area (Å²) in [6, 6.07) is 0. The van der Waals surface area contributed by atoms with Crippen molar-refractivity contribution < 1.29 is 33.4 Å². The van der Waals surface area contributed by atoms with Crippen molar-refractivity contribution in [2.75, 3.05) is 40.5 Å². The van der Waals surface area contributed by atoms with Gasteiger partial charge in [-0.1, -0.05) is 0 Å². The maximum Gasteiger partial charge on any atom is 0.379 e. The van der Waals surface area contributed by atoms with Crippen molar-refractivity contribution in [1.29, 1.82) is 0 Å². The van der Waals surface area contributed by atoms with Gasteiger partial charge in [0.2, 0.25) is 5.91 Å². The number of rotatable bonds is 4. The highest BCUT2D eigenvalue weighted by molar-refractivity contribution is 6.46. The van der Waals surface area contributed by atoms with E-state index in [2.05, 4.69) is 9.47 Å². The molecular weight excluding hydrogens is 308 g/mol. The van der Waals surface area contributed by atoms with Crippen LogP contribution in [0.3, 0.4) is 0 Å². The smallest absolute Gasteiger partial charge is 0.379 e. The van der Waals surface area contributed by atoms with Gasteiger partial charge in [-0.3, -0.25) is 9.59 Å². The molecule has 0 aromatic carbocycles. The highest BCUT2D eigenvalue weighted by Crippen LogP contribution is 2.18. The average molecular weight is 326 g/mol. The van der Waals surface area contributed by atoms with E-state index in [9.17, 15) is 19.2 Å².